The predicted octanol–water partition coefficient (Wildman–Crippen LogP) is 1.03. The Balaban J connectivity index is 2.63. The number of benzene rings is 1. The van der Waals surface area contributed by atoms with Gasteiger partial charge in [-0.2, -0.15) is 0 Å². The minimum atomic E-state index is -0.335. The third kappa shape index (κ3) is 3.60. The molecule has 2 N–H and O–H groups in total. The van der Waals surface area contributed by atoms with Crippen molar-refractivity contribution in [1.82, 2.24) is 4.90 Å². The summed E-state index contributed by atoms with van der Waals surface area (Å²) in [5.74, 6) is 0. The van der Waals surface area contributed by atoms with E-state index >= 15 is 0 Å². The lowest BCUT2D eigenvalue weighted by molar-refractivity contribution is -0.385. The van der Waals surface area contributed by atoms with Crippen molar-refractivity contribution in [2.75, 3.05) is 26.7 Å². The number of nitro benzene ring substituents is 1. The molecule has 0 heterocycles. The van der Waals surface area contributed by atoms with Crippen molar-refractivity contribution in [3.8, 4) is 0 Å². The zero-order chi connectivity index (χ0) is 12.0. The van der Waals surface area contributed by atoms with Crippen molar-refractivity contribution in [1.29, 1.82) is 0 Å². The van der Waals surface area contributed by atoms with Gasteiger partial charge in [-0.1, -0.05) is 18.2 Å². The molecule has 0 amide bonds. The van der Waals surface area contributed by atoms with E-state index in [9.17, 15) is 10.1 Å². The molecule has 0 unspecified atom stereocenters. The third-order valence-electron chi connectivity index (χ3n) is 2.46. The second-order valence-corrected chi connectivity index (χ2v) is 3.73. The Kier molecular flexibility index (Phi) is 4.88. The molecule has 0 atom stereocenters. The first kappa shape index (κ1) is 12.6. The Bertz CT molecular complexity index is 355. The Morgan fingerprint density at radius 1 is 1.38 bits per heavy atom. The second kappa shape index (κ2) is 6.19. The molecule has 1 aromatic rings. The maximum Gasteiger partial charge on any atom is 0.272 e. The highest BCUT2D eigenvalue weighted by Crippen LogP contribution is 2.17. The van der Waals surface area contributed by atoms with Crippen LogP contribution in [-0.2, 0) is 6.42 Å². The number of hydrogen-bond donors (Lipinski definition) is 1. The summed E-state index contributed by atoms with van der Waals surface area (Å²) >= 11 is 0. The zero-order valence-corrected chi connectivity index (χ0v) is 9.43. The van der Waals surface area contributed by atoms with Gasteiger partial charge in [0.25, 0.3) is 5.69 Å². The van der Waals surface area contributed by atoms with Gasteiger partial charge in [0.2, 0.25) is 0 Å². The van der Waals surface area contributed by atoms with Crippen molar-refractivity contribution >= 4 is 5.69 Å². The summed E-state index contributed by atoms with van der Waals surface area (Å²) in [6.45, 7) is 2.19. The van der Waals surface area contributed by atoms with Crippen LogP contribution in [0.2, 0.25) is 0 Å². The lowest BCUT2D eigenvalue weighted by atomic mass is 10.1. The summed E-state index contributed by atoms with van der Waals surface area (Å²) in [5, 5.41) is 10.8. The third-order valence-corrected chi connectivity index (χ3v) is 2.46. The molecule has 0 fully saturated rings. The topological polar surface area (TPSA) is 72.4 Å². The normalized spacial score (nSPS) is 10.7. The standard InChI is InChI=1S/C11H17N3O2/c1-13(9-7-12)8-6-10-4-2-3-5-11(10)14(15)16/h2-5H,6-9,12H2,1H3. The van der Waals surface area contributed by atoms with Crippen molar-refractivity contribution < 1.29 is 4.92 Å². The van der Waals surface area contributed by atoms with Crippen LogP contribution in [0.3, 0.4) is 0 Å². The molecule has 0 aliphatic carbocycles. The SMILES string of the molecule is CN(CCN)CCc1ccccc1[N+](=O)[O-]. The molecule has 5 nitrogen and oxygen atoms in total. The van der Waals surface area contributed by atoms with Gasteiger partial charge in [0.15, 0.2) is 0 Å². The van der Waals surface area contributed by atoms with Crippen LogP contribution in [0.5, 0.6) is 0 Å². The molecule has 1 aromatic carbocycles. The van der Waals surface area contributed by atoms with Gasteiger partial charge in [-0.25, -0.2) is 0 Å². The maximum absolute atomic E-state index is 10.8. The average Bonchev–Trinajstić information content (AvgIpc) is 2.27. The summed E-state index contributed by atoms with van der Waals surface area (Å²) in [6, 6.07) is 6.85. The number of nitro groups is 1. The van der Waals surface area contributed by atoms with E-state index in [1.165, 1.54) is 6.07 Å². The fourth-order valence-corrected chi connectivity index (χ4v) is 1.54. The number of rotatable bonds is 6. The number of hydrogen-bond acceptors (Lipinski definition) is 4. The first-order valence-electron chi connectivity index (χ1n) is 5.26. The minimum Gasteiger partial charge on any atom is -0.329 e. The van der Waals surface area contributed by atoms with Crippen LogP contribution in [0, 0.1) is 10.1 Å². The van der Waals surface area contributed by atoms with E-state index in [2.05, 4.69) is 4.90 Å². The molecule has 0 aromatic heterocycles. The molecular weight excluding hydrogens is 206 g/mol. The summed E-state index contributed by atoms with van der Waals surface area (Å²) in [4.78, 5) is 12.5. The Hall–Kier alpha value is -1.46. The van der Waals surface area contributed by atoms with Crippen molar-refractivity contribution in [2.45, 2.75) is 6.42 Å². The fourth-order valence-electron chi connectivity index (χ4n) is 1.54. The van der Waals surface area contributed by atoms with Crippen LogP contribution >= 0.6 is 0 Å². The van der Waals surface area contributed by atoms with Gasteiger partial charge in [0, 0.05) is 31.3 Å². The molecule has 0 saturated heterocycles. The molecule has 1 rings (SSSR count). The van der Waals surface area contributed by atoms with Crippen LogP contribution in [0.1, 0.15) is 5.56 Å². The Labute approximate surface area is 95.0 Å². The van der Waals surface area contributed by atoms with E-state index in [1.807, 2.05) is 13.1 Å². The number of para-hydroxylation sites is 1. The van der Waals surface area contributed by atoms with Crippen LogP contribution in [0.25, 0.3) is 0 Å². The van der Waals surface area contributed by atoms with E-state index in [-0.39, 0.29) is 10.6 Å². The number of nitrogens with zero attached hydrogens (tertiary/aromatic N) is 2. The van der Waals surface area contributed by atoms with E-state index < -0.39 is 0 Å². The molecule has 88 valence electrons. The van der Waals surface area contributed by atoms with Crippen molar-refractivity contribution in [3.63, 3.8) is 0 Å². The predicted molar refractivity (Wildman–Crippen MR) is 63.4 cm³/mol. The zero-order valence-electron chi connectivity index (χ0n) is 9.43. The minimum absolute atomic E-state index is 0.198. The molecular formula is C11H17N3O2. The van der Waals surface area contributed by atoms with Gasteiger partial charge < -0.3 is 10.6 Å². The lowest BCUT2D eigenvalue weighted by Crippen LogP contribution is -2.27. The first-order valence-corrected chi connectivity index (χ1v) is 5.26. The molecule has 0 radical (unpaired) electrons. The van der Waals surface area contributed by atoms with Gasteiger partial charge in [0.05, 0.1) is 4.92 Å². The molecule has 0 aliphatic rings. The van der Waals surface area contributed by atoms with Gasteiger partial charge in [-0.05, 0) is 13.5 Å². The van der Waals surface area contributed by atoms with Gasteiger partial charge >= 0.3 is 0 Å². The Morgan fingerprint density at radius 3 is 2.69 bits per heavy atom. The first-order chi connectivity index (χ1) is 7.65. The lowest BCUT2D eigenvalue weighted by Gasteiger charge is -2.14. The molecule has 5 heteroatoms. The molecule has 0 spiro atoms. The molecule has 0 saturated carbocycles. The summed E-state index contributed by atoms with van der Waals surface area (Å²) < 4.78 is 0. The summed E-state index contributed by atoms with van der Waals surface area (Å²) in [5.41, 5.74) is 6.40. The van der Waals surface area contributed by atoms with Gasteiger partial charge in [-0.3, -0.25) is 10.1 Å². The van der Waals surface area contributed by atoms with Crippen LogP contribution in [0.15, 0.2) is 24.3 Å². The van der Waals surface area contributed by atoms with E-state index in [4.69, 9.17) is 5.73 Å². The van der Waals surface area contributed by atoms with Crippen LogP contribution in [-0.4, -0.2) is 36.5 Å². The number of nitrogens with two attached hydrogens (primary N) is 1. The second-order valence-electron chi connectivity index (χ2n) is 3.73. The van der Waals surface area contributed by atoms with E-state index in [1.54, 1.807) is 12.1 Å². The summed E-state index contributed by atoms with van der Waals surface area (Å²) in [7, 11) is 1.96. The maximum atomic E-state index is 10.8. The largest absolute Gasteiger partial charge is 0.329 e. The van der Waals surface area contributed by atoms with Gasteiger partial charge in [-0.15, -0.1) is 0 Å². The van der Waals surface area contributed by atoms with E-state index in [0.717, 1.165) is 18.7 Å². The highest BCUT2D eigenvalue weighted by atomic mass is 16.6. The molecule has 16 heavy (non-hydrogen) atoms. The number of likely N-dealkylation sites (N-methyl/N-ethyl adjacent to an activating group) is 1. The van der Waals surface area contributed by atoms with Crippen molar-refractivity contribution in [3.05, 3.63) is 39.9 Å². The van der Waals surface area contributed by atoms with Crippen LogP contribution < -0.4 is 5.73 Å². The smallest absolute Gasteiger partial charge is 0.272 e. The fraction of sp³-hybridized carbons (Fsp3) is 0.455. The highest BCUT2D eigenvalue weighted by Gasteiger charge is 2.12. The van der Waals surface area contributed by atoms with Gasteiger partial charge in [0.1, 0.15) is 0 Å². The molecule has 0 aliphatic heterocycles. The summed E-state index contributed by atoms with van der Waals surface area (Å²) in [6.07, 6.45) is 0.674. The van der Waals surface area contributed by atoms with Crippen LogP contribution in [0.4, 0.5) is 5.69 Å². The average molecular weight is 223 g/mol. The van der Waals surface area contributed by atoms with E-state index in [0.29, 0.717) is 13.0 Å². The molecule has 0 bridgehead atoms. The highest BCUT2D eigenvalue weighted by molar-refractivity contribution is 5.39. The Morgan fingerprint density at radius 2 is 2.06 bits per heavy atom. The van der Waals surface area contributed by atoms with Crippen molar-refractivity contribution in [2.24, 2.45) is 5.73 Å². The quantitative estimate of drug-likeness (QED) is 0.577. The monoisotopic (exact) mass is 223 g/mol.